The Morgan fingerprint density at radius 2 is 1.18 bits per heavy atom. The molecule has 8 aromatic carbocycles. The van der Waals surface area contributed by atoms with Gasteiger partial charge in [0.25, 0.3) is 0 Å². The molecule has 6 heteroatoms. The summed E-state index contributed by atoms with van der Waals surface area (Å²) in [6, 6.07) is 52.7. The summed E-state index contributed by atoms with van der Waals surface area (Å²) in [7, 11) is 0.791. The van der Waals surface area contributed by atoms with E-state index in [0.717, 1.165) is 40.6 Å². The molecule has 0 saturated heterocycles. The van der Waals surface area contributed by atoms with Crippen LogP contribution in [0.2, 0.25) is 0 Å². The van der Waals surface area contributed by atoms with Gasteiger partial charge in [0.1, 0.15) is 11.2 Å². The average molecular weight is 835 g/mol. The lowest BCUT2D eigenvalue weighted by Gasteiger charge is -2.24. The molecule has 0 atom stereocenters. The van der Waals surface area contributed by atoms with Crippen molar-refractivity contribution in [1.29, 1.82) is 0 Å². The van der Waals surface area contributed by atoms with E-state index in [0.29, 0.717) is 0 Å². The number of thiophene rings is 2. The van der Waals surface area contributed by atoms with Crippen molar-refractivity contribution in [1.82, 2.24) is 4.57 Å². The summed E-state index contributed by atoms with van der Waals surface area (Å²) >= 11 is 3.79. The second kappa shape index (κ2) is 12.6. The number of aromatic nitrogens is 1. The Kier molecular flexibility index (Phi) is 7.40. The molecule has 0 amide bonds. The van der Waals surface area contributed by atoms with Gasteiger partial charge >= 0.3 is 0 Å². The third kappa shape index (κ3) is 5.29. The predicted molar refractivity (Wildman–Crippen MR) is 273 cm³/mol. The van der Waals surface area contributed by atoms with E-state index in [1.54, 1.807) is 0 Å². The van der Waals surface area contributed by atoms with Crippen LogP contribution in [0.25, 0.3) is 101 Å². The van der Waals surface area contributed by atoms with Crippen LogP contribution in [0.5, 0.6) is 0 Å². The van der Waals surface area contributed by atoms with Crippen molar-refractivity contribution in [3.05, 3.63) is 151 Å². The van der Waals surface area contributed by atoms with E-state index < -0.39 is 0 Å². The first kappa shape index (κ1) is 36.3. The summed E-state index contributed by atoms with van der Waals surface area (Å²) < 4.78 is 14.4. The minimum atomic E-state index is 0.0739. The highest BCUT2D eigenvalue weighted by Crippen LogP contribution is 2.46. The largest absolute Gasteiger partial charge is 0.456 e. The number of nitrogens with one attached hydrogen (secondary N) is 1. The van der Waals surface area contributed by atoms with E-state index in [-0.39, 0.29) is 10.8 Å². The minimum absolute atomic E-state index is 0.0739. The van der Waals surface area contributed by atoms with Crippen LogP contribution in [0.1, 0.15) is 52.7 Å². The first-order valence-corrected chi connectivity index (χ1v) is 23.3. The van der Waals surface area contributed by atoms with Gasteiger partial charge in [-0.25, -0.2) is 0 Å². The Hall–Kier alpha value is -6.34. The van der Waals surface area contributed by atoms with Crippen molar-refractivity contribution in [2.45, 2.75) is 52.4 Å². The lowest BCUT2D eigenvalue weighted by molar-refractivity contribution is 0.590. The molecule has 0 bridgehead atoms. The van der Waals surface area contributed by atoms with Crippen LogP contribution in [0, 0.1) is 0 Å². The first-order chi connectivity index (χ1) is 29.9. The minimum Gasteiger partial charge on any atom is -0.456 e. The van der Waals surface area contributed by atoms with Crippen molar-refractivity contribution in [3.8, 4) is 16.8 Å². The number of fused-ring (bicyclic) bond motifs is 14. The Labute approximate surface area is 368 Å². The molecule has 0 unspecified atom stereocenters. The SMILES string of the molecule is CC(C)(C)c1ccc(Nc2cc3sc4cc(C(C)(C)C)ccc4c3cc2-c2ccc3c4cc5c(cc4n4c3c2Bc2cc3oc6ccccc6c3cc2-4)sc2ccccc25)cc1. The maximum absolute atomic E-state index is 6.56. The fourth-order valence-corrected chi connectivity index (χ4v) is 12.5. The highest BCUT2D eigenvalue weighted by atomic mass is 32.1. The fourth-order valence-electron chi connectivity index (χ4n) is 10.2. The maximum atomic E-state index is 6.56. The number of nitrogens with zero attached hydrogens (tertiary/aromatic N) is 1. The molecule has 13 rings (SSSR count). The van der Waals surface area contributed by atoms with E-state index in [1.807, 2.05) is 22.7 Å². The lowest BCUT2D eigenvalue weighted by atomic mass is 9.59. The summed E-state index contributed by atoms with van der Waals surface area (Å²) in [6.45, 7) is 13.7. The van der Waals surface area contributed by atoms with Crippen LogP contribution in [-0.4, -0.2) is 11.8 Å². The maximum Gasteiger partial charge on any atom is 0.198 e. The molecule has 0 fully saturated rings. The van der Waals surface area contributed by atoms with E-state index >= 15 is 0 Å². The molecule has 1 aliphatic rings. The normalized spacial score (nSPS) is 13.1. The van der Waals surface area contributed by atoms with Gasteiger partial charge in [-0.1, -0.05) is 120 Å². The van der Waals surface area contributed by atoms with Crippen LogP contribution in [-0.2, 0) is 10.8 Å². The van der Waals surface area contributed by atoms with Crippen LogP contribution < -0.4 is 16.2 Å². The van der Waals surface area contributed by atoms with Gasteiger partial charge in [-0.2, -0.15) is 0 Å². The molecule has 4 aromatic heterocycles. The highest BCUT2D eigenvalue weighted by molar-refractivity contribution is 7.26. The van der Waals surface area contributed by atoms with Gasteiger partial charge in [0.15, 0.2) is 7.28 Å². The Bertz CT molecular complexity index is 3880. The summed E-state index contributed by atoms with van der Waals surface area (Å²) in [5.74, 6) is 0. The third-order valence-corrected chi connectivity index (χ3v) is 15.8. The topological polar surface area (TPSA) is 30.1 Å². The standard InChI is InChI=1S/C56H43BN2OS2/c1-55(2,3)30-15-18-32(19-16-30)58-44-28-51-41(35-20-17-31(56(4,5)6)23-50(35)62-51)24-38(44)36-21-22-37-39-25-42-34-12-8-10-14-49(34)61-52(42)29-45(39)59-46-26-40-33-11-7-9-13-47(33)60-48(40)27-43(46)57-53(36)54(37)59/h7-29,57-58H,1-6H3. The van der Waals surface area contributed by atoms with Gasteiger partial charge in [-0.05, 0) is 99.7 Å². The molecule has 0 spiro atoms. The van der Waals surface area contributed by atoms with Gasteiger partial charge in [0.2, 0.25) is 0 Å². The van der Waals surface area contributed by atoms with Crippen LogP contribution in [0.4, 0.5) is 11.4 Å². The Morgan fingerprint density at radius 3 is 2.00 bits per heavy atom. The van der Waals surface area contributed by atoms with Crippen molar-refractivity contribution in [2.75, 3.05) is 5.32 Å². The number of anilines is 2. The van der Waals surface area contributed by atoms with Gasteiger partial charge < -0.3 is 14.3 Å². The molecule has 298 valence electrons. The van der Waals surface area contributed by atoms with Crippen LogP contribution in [0.3, 0.4) is 0 Å². The van der Waals surface area contributed by atoms with Gasteiger partial charge in [-0.15, -0.1) is 22.7 Å². The van der Waals surface area contributed by atoms with E-state index in [2.05, 4.69) is 191 Å². The molecule has 12 aromatic rings. The van der Waals surface area contributed by atoms with Crippen LogP contribution in [0.15, 0.2) is 144 Å². The molecule has 1 N–H and O–H groups in total. The second-order valence-corrected chi connectivity index (χ2v) is 21.6. The van der Waals surface area contributed by atoms with Gasteiger partial charge in [0, 0.05) is 90.0 Å². The quantitative estimate of drug-likeness (QED) is 0.180. The summed E-state index contributed by atoms with van der Waals surface area (Å²) in [5, 5.41) is 14.1. The van der Waals surface area contributed by atoms with Crippen molar-refractivity contribution in [2.24, 2.45) is 0 Å². The number of benzene rings is 8. The second-order valence-electron chi connectivity index (χ2n) is 19.4. The summed E-state index contributed by atoms with van der Waals surface area (Å²) in [4.78, 5) is 0. The van der Waals surface area contributed by atoms with E-state index in [4.69, 9.17) is 4.42 Å². The van der Waals surface area contributed by atoms with E-state index in [1.165, 1.54) is 101 Å². The summed E-state index contributed by atoms with van der Waals surface area (Å²) in [6.07, 6.45) is 0. The van der Waals surface area contributed by atoms with Crippen molar-refractivity contribution < 1.29 is 4.42 Å². The molecular weight excluding hydrogens is 792 g/mol. The number of rotatable bonds is 3. The molecular formula is C56H43BN2OS2. The van der Waals surface area contributed by atoms with Crippen LogP contribution >= 0.6 is 22.7 Å². The fraction of sp³-hybridized carbons (Fsp3) is 0.143. The zero-order chi connectivity index (χ0) is 41.8. The Balaban J connectivity index is 1.11. The number of hydrogen-bond donors (Lipinski definition) is 1. The van der Waals surface area contributed by atoms with Gasteiger partial charge in [0.05, 0.1) is 5.52 Å². The van der Waals surface area contributed by atoms with Crippen molar-refractivity contribution >= 4 is 136 Å². The van der Waals surface area contributed by atoms with Crippen molar-refractivity contribution in [3.63, 3.8) is 0 Å². The van der Waals surface area contributed by atoms with E-state index in [9.17, 15) is 0 Å². The zero-order valence-corrected chi connectivity index (χ0v) is 37.3. The molecule has 3 nitrogen and oxygen atoms in total. The number of hydrogen-bond acceptors (Lipinski definition) is 4. The molecule has 1 aliphatic heterocycles. The number of furan rings is 1. The summed E-state index contributed by atoms with van der Waals surface area (Å²) in [5.41, 5.74) is 15.8. The monoisotopic (exact) mass is 834 g/mol. The molecule has 62 heavy (non-hydrogen) atoms. The molecule has 5 heterocycles. The average Bonchev–Trinajstić information content (AvgIpc) is 4.00. The smallest absolute Gasteiger partial charge is 0.198 e. The zero-order valence-electron chi connectivity index (χ0n) is 35.7. The lowest BCUT2D eigenvalue weighted by Crippen LogP contribution is -2.37. The van der Waals surface area contributed by atoms with Gasteiger partial charge in [-0.3, -0.25) is 0 Å². The molecule has 0 aliphatic carbocycles. The number of para-hydroxylation sites is 1. The Morgan fingerprint density at radius 1 is 0.500 bits per heavy atom. The first-order valence-electron chi connectivity index (χ1n) is 21.7. The third-order valence-electron chi connectivity index (χ3n) is 13.5. The molecule has 0 radical (unpaired) electrons. The highest BCUT2D eigenvalue weighted by Gasteiger charge is 2.29. The molecule has 0 saturated carbocycles. The predicted octanol–water partition coefficient (Wildman–Crippen LogP) is 15.1.